The first-order valence-electron chi connectivity index (χ1n) is 10.2. The van der Waals surface area contributed by atoms with Gasteiger partial charge in [0.05, 0.1) is 5.66 Å². The number of rotatable bonds is 0. The lowest BCUT2D eigenvalue weighted by Gasteiger charge is -2.58. The molecule has 4 fully saturated rings. The van der Waals surface area contributed by atoms with E-state index < -0.39 is 0 Å². The van der Waals surface area contributed by atoms with Crippen molar-refractivity contribution in [3.8, 4) is 0 Å². The summed E-state index contributed by atoms with van der Waals surface area (Å²) in [5.41, 5.74) is 2.20. The van der Waals surface area contributed by atoms with E-state index in [-0.39, 0.29) is 11.1 Å². The number of Topliss-reactive ketones (excluding diaryl/α,β-unsaturated/α-hetero) is 1. The minimum Gasteiger partial charge on any atom is -0.299 e. The highest BCUT2D eigenvalue weighted by molar-refractivity contribution is 5.87. The summed E-state index contributed by atoms with van der Waals surface area (Å²) in [6.45, 7) is 7.03. The van der Waals surface area contributed by atoms with Crippen LogP contribution in [0.5, 0.6) is 0 Å². The first-order chi connectivity index (χ1) is 11.5. The standard InChI is InChI=1S/C21H32N2O/c1-19-9-10-21(22-11-12-23-21)13-14(19)3-4-15-16-5-6-18(24)20(16,2)8-7-17(15)19/h13,15-17,22-23H,3-12H2,1-2H3/t15?,16?,17?,19-,20-/m0/s1. The van der Waals surface area contributed by atoms with E-state index in [4.69, 9.17) is 0 Å². The lowest BCUT2D eigenvalue weighted by atomic mass is 9.47. The van der Waals surface area contributed by atoms with Gasteiger partial charge in [0, 0.05) is 24.9 Å². The average Bonchev–Trinajstić information content (AvgIpc) is 3.14. The summed E-state index contributed by atoms with van der Waals surface area (Å²) < 4.78 is 0. The first-order valence-corrected chi connectivity index (χ1v) is 10.2. The summed E-state index contributed by atoms with van der Waals surface area (Å²) in [4.78, 5) is 12.5. The quantitative estimate of drug-likeness (QED) is 0.670. The number of hydrogen-bond donors (Lipinski definition) is 2. The molecule has 1 heterocycles. The number of carbonyl (C=O) groups excluding carboxylic acids is 1. The van der Waals surface area contributed by atoms with Crippen molar-refractivity contribution in [3.05, 3.63) is 11.6 Å². The van der Waals surface area contributed by atoms with Gasteiger partial charge in [0.1, 0.15) is 5.78 Å². The summed E-state index contributed by atoms with van der Waals surface area (Å²) >= 11 is 0. The molecule has 1 aliphatic heterocycles. The van der Waals surface area contributed by atoms with Gasteiger partial charge in [0.15, 0.2) is 0 Å². The molecule has 24 heavy (non-hydrogen) atoms. The predicted octanol–water partition coefficient (Wildman–Crippen LogP) is 3.41. The van der Waals surface area contributed by atoms with Crippen molar-refractivity contribution >= 4 is 5.78 Å². The molecular formula is C21H32N2O. The van der Waals surface area contributed by atoms with Crippen LogP contribution >= 0.6 is 0 Å². The predicted molar refractivity (Wildman–Crippen MR) is 95.4 cm³/mol. The van der Waals surface area contributed by atoms with Gasteiger partial charge in [-0.2, -0.15) is 0 Å². The molecule has 5 atom stereocenters. The Kier molecular flexibility index (Phi) is 3.21. The molecule has 0 aromatic heterocycles. The maximum absolute atomic E-state index is 12.5. The number of hydrogen-bond acceptors (Lipinski definition) is 3. The third-order valence-electron chi connectivity index (χ3n) is 8.91. The molecule has 1 saturated heterocycles. The summed E-state index contributed by atoms with van der Waals surface area (Å²) in [5.74, 6) is 2.83. The molecular weight excluding hydrogens is 296 g/mol. The Balaban J connectivity index is 1.48. The zero-order valence-electron chi connectivity index (χ0n) is 15.3. The number of ketones is 1. The van der Waals surface area contributed by atoms with Crippen LogP contribution in [0.15, 0.2) is 11.6 Å². The number of fused-ring (bicyclic) bond motifs is 5. The van der Waals surface area contributed by atoms with E-state index in [0.717, 1.165) is 37.8 Å². The molecule has 5 rings (SSSR count). The van der Waals surface area contributed by atoms with E-state index in [0.29, 0.717) is 17.1 Å². The SMILES string of the molecule is C[C@]12CCC3(C=C1CCC1C2CC[C@]2(C)C(=O)CCC12)NCCN3. The highest BCUT2D eigenvalue weighted by Crippen LogP contribution is 2.64. The van der Waals surface area contributed by atoms with Crippen LogP contribution in [-0.2, 0) is 4.79 Å². The maximum Gasteiger partial charge on any atom is 0.139 e. The van der Waals surface area contributed by atoms with Crippen LogP contribution in [0.1, 0.15) is 65.2 Å². The molecule has 132 valence electrons. The Bertz CT molecular complexity index is 605. The van der Waals surface area contributed by atoms with Crippen LogP contribution in [0.4, 0.5) is 0 Å². The van der Waals surface area contributed by atoms with Crippen molar-refractivity contribution in [1.29, 1.82) is 0 Å². The molecule has 0 aromatic carbocycles. The number of allylic oxidation sites excluding steroid dienone is 1. The van der Waals surface area contributed by atoms with Gasteiger partial charge < -0.3 is 0 Å². The second kappa shape index (κ2) is 4.94. The molecule has 2 N–H and O–H groups in total. The van der Waals surface area contributed by atoms with Gasteiger partial charge in [0.2, 0.25) is 0 Å². The molecule has 3 saturated carbocycles. The van der Waals surface area contributed by atoms with Crippen molar-refractivity contribution < 1.29 is 4.79 Å². The average molecular weight is 328 g/mol. The fraction of sp³-hybridized carbons (Fsp3) is 0.857. The van der Waals surface area contributed by atoms with E-state index in [2.05, 4.69) is 30.6 Å². The van der Waals surface area contributed by atoms with E-state index in [1.807, 2.05) is 0 Å². The smallest absolute Gasteiger partial charge is 0.139 e. The molecule has 3 nitrogen and oxygen atoms in total. The Morgan fingerprint density at radius 2 is 1.67 bits per heavy atom. The summed E-state index contributed by atoms with van der Waals surface area (Å²) in [7, 11) is 0. The van der Waals surface area contributed by atoms with Gasteiger partial charge in [-0.1, -0.05) is 25.5 Å². The Morgan fingerprint density at radius 3 is 2.46 bits per heavy atom. The van der Waals surface area contributed by atoms with Gasteiger partial charge in [0.25, 0.3) is 0 Å². The van der Waals surface area contributed by atoms with Gasteiger partial charge in [-0.3, -0.25) is 15.4 Å². The lowest BCUT2D eigenvalue weighted by Crippen LogP contribution is -2.56. The molecule has 3 unspecified atom stereocenters. The largest absolute Gasteiger partial charge is 0.299 e. The molecule has 0 radical (unpaired) electrons. The second-order valence-corrected chi connectivity index (χ2v) is 9.75. The van der Waals surface area contributed by atoms with E-state index in [9.17, 15) is 4.79 Å². The van der Waals surface area contributed by atoms with Crippen molar-refractivity contribution in [3.63, 3.8) is 0 Å². The van der Waals surface area contributed by atoms with Crippen LogP contribution < -0.4 is 10.6 Å². The van der Waals surface area contributed by atoms with Gasteiger partial charge in [-0.25, -0.2) is 0 Å². The molecule has 4 aliphatic carbocycles. The lowest BCUT2D eigenvalue weighted by molar-refractivity contribution is -0.132. The fourth-order valence-electron chi connectivity index (χ4n) is 7.42. The highest BCUT2D eigenvalue weighted by atomic mass is 16.1. The van der Waals surface area contributed by atoms with Crippen molar-refractivity contribution in [2.75, 3.05) is 13.1 Å². The minimum atomic E-state index is 0.0171. The Morgan fingerprint density at radius 1 is 0.917 bits per heavy atom. The zero-order chi connectivity index (χ0) is 16.6. The van der Waals surface area contributed by atoms with Crippen molar-refractivity contribution in [1.82, 2.24) is 10.6 Å². The van der Waals surface area contributed by atoms with E-state index >= 15 is 0 Å². The molecule has 3 heteroatoms. The molecule has 0 aromatic rings. The van der Waals surface area contributed by atoms with E-state index in [1.54, 1.807) is 5.57 Å². The summed E-state index contributed by atoms with van der Waals surface area (Å²) in [6.07, 6.45) is 12.1. The maximum atomic E-state index is 12.5. The number of carbonyl (C=O) groups is 1. The van der Waals surface area contributed by atoms with Crippen LogP contribution in [0, 0.1) is 28.6 Å². The third-order valence-corrected chi connectivity index (χ3v) is 8.91. The topological polar surface area (TPSA) is 41.1 Å². The Hall–Kier alpha value is -0.670. The molecule has 0 bridgehead atoms. The fourth-order valence-corrected chi connectivity index (χ4v) is 7.42. The normalized spacial score (nSPS) is 49.5. The molecule has 5 aliphatic rings. The number of nitrogens with one attached hydrogen (secondary N) is 2. The Labute approximate surface area is 146 Å². The van der Waals surface area contributed by atoms with Gasteiger partial charge in [-0.15, -0.1) is 0 Å². The van der Waals surface area contributed by atoms with Crippen LogP contribution in [-0.4, -0.2) is 24.5 Å². The second-order valence-electron chi connectivity index (χ2n) is 9.75. The minimum absolute atomic E-state index is 0.0171. The van der Waals surface area contributed by atoms with E-state index in [1.165, 1.54) is 38.5 Å². The first kappa shape index (κ1) is 15.6. The van der Waals surface area contributed by atoms with Crippen LogP contribution in [0.3, 0.4) is 0 Å². The third kappa shape index (κ3) is 1.89. The van der Waals surface area contributed by atoms with Gasteiger partial charge >= 0.3 is 0 Å². The highest BCUT2D eigenvalue weighted by Gasteiger charge is 2.59. The van der Waals surface area contributed by atoms with Gasteiger partial charge in [-0.05, 0) is 68.1 Å². The zero-order valence-corrected chi connectivity index (χ0v) is 15.3. The monoisotopic (exact) mass is 328 g/mol. The van der Waals surface area contributed by atoms with Crippen molar-refractivity contribution in [2.45, 2.75) is 70.9 Å². The van der Waals surface area contributed by atoms with Crippen LogP contribution in [0.2, 0.25) is 0 Å². The van der Waals surface area contributed by atoms with Crippen molar-refractivity contribution in [2.24, 2.45) is 28.6 Å². The molecule has 0 amide bonds. The molecule has 1 spiro atoms. The summed E-state index contributed by atoms with van der Waals surface area (Å²) in [5, 5.41) is 7.42. The van der Waals surface area contributed by atoms with Crippen LogP contribution in [0.25, 0.3) is 0 Å². The summed E-state index contributed by atoms with van der Waals surface area (Å²) in [6, 6.07) is 0.